The fraction of sp³-hybridized carbons (Fsp3) is 0.389. The number of rotatable bonds is 7. The SMILES string of the molecule is CCC(Sc1cnc(Cl)nc1Cl)C(=O)NC(C)c1c(C)cccc1OC. The summed E-state index contributed by atoms with van der Waals surface area (Å²) >= 11 is 13.1. The highest BCUT2D eigenvalue weighted by Gasteiger charge is 2.23. The first-order chi connectivity index (χ1) is 12.4. The Morgan fingerprint density at radius 2 is 2.12 bits per heavy atom. The monoisotopic (exact) mass is 413 g/mol. The number of benzene rings is 1. The molecule has 0 radical (unpaired) electrons. The van der Waals surface area contributed by atoms with Gasteiger partial charge in [-0.25, -0.2) is 9.97 Å². The van der Waals surface area contributed by atoms with Gasteiger partial charge in [0.05, 0.1) is 23.3 Å². The van der Waals surface area contributed by atoms with Crippen LogP contribution in [0.15, 0.2) is 29.3 Å². The maximum Gasteiger partial charge on any atom is 0.233 e. The molecule has 1 aromatic heterocycles. The minimum atomic E-state index is -0.324. The summed E-state index contributed by atoms with van der Waals surface area (Å²) in [6.45, 7) is 5.89. The Hall–Kier alpha value is -1.50. The number of hydrogen-bond acceptors (Lipinski definition) is 5. The van der Waals surface area contributed by atoms with E-state index in [1.807, 2.05) is 39.0 Å². The van der Waals surface area contributed by atoms with Crippen molar-refractivity contribution in [3.05, 3.63) is 46.0 Å². The molecule has 2 aromatic rings. The van der Waals surface area contributed by atoms with E-state index in [1.165, 1.54) is 18.0 Å². The van der Waals surface area contributed by atoms with Crippen molar-refractivity contribution in [2.24, 2.45) is 0 Å². The molecule has 1 aromatic carbocycles. The Balaban J connectivity index is 2.14. The van der Waals surface area contributed by atoms with Crippen molar-refractivity contribution in [3.8, 4) is 5.75 Å². The first-order valence-electron chi connectivity index (χ1n) is 8.15. The quantitative estimate of drug-likeness (QED) is 0.399. The number of amides is 1. The maximum atomic E-state index is 12.8. The smallest absolute Gasteiger partial charge is 0.233 e. The molecule has 1 heterocycles. The predicted molar refractivity (Wildman–Crippen MR) is 106 cm³/mol. The summed E-state index contributed by atoms with van der Waals surface area (Å²) in [5.74, 6) is 0.675. The standard InChI is InChI=1S/C18H21Cl2N3O2S/c1-5-13(26-14-9-21-18(20)23-16(14)19)17(24)22-11(3)15-10(2)7-6-8-12(15)25-4/h6-9,11,13H,5H2,1-4H3,(H,22,24). The number of aryl methyl sites for hydroxylation is 1. The number of hydrogen-bond donors (Lipinski definition) is 1. The molecule has 0 fully saturated rings. The Morgan fingerprint density at radius 1 is 1.38 bits per heavy atom. The van der Waals surface area contributed by atoms with Crippen molar-refractivity contribution < 1.29 is 9.53 Å². The lowest BCUT2D eigenvalue weighted by Gasteiger charge is -2.22. The van der Waals surface area contributed by atoms with Gasteiger partial charge in [0, 0.05) is 11.8 Å². The molecule has 0 aliphatic rings. The number of carbonyl (C=O) groups is 1. The zero-order chi connectivity index (χ0) is 19.3. The lowest BCUT2D eigenvalue weighted by molar-refractivity contribution is -0.121. The van der Waals surface area contributed by atoms with E-state index in [2.05, 4.69) is 15.3 Å². The molecule has 140 valence electrons. The van der Waals surface area contributed by atoms with Crippen LogP contribution in [-0.2, 0) is 4.79 Å². The van der Waals surface area contributed by atoms with Gasteiger partial charge in [-0.2, -0.15) is 0 Å². The Labute approximate surface area is 167 Å². The fourth-order valence-corrected chi connectivity index (χ4v) is 3.99. The van der Waals surface area contributed by atoms with Gasteiger partial charge >= 0.3 is 0 Å². The molecule has 5 nitrogen and oxygen atoms in total. The number of methoxy groups -OCH3 is 1. The molecule has 2 rings (SSSR count). The molecule has 0 bridgehead atoms. The maximum absolute atomic E-state index is 12.8. The van der Waals surface area contributed by atoms with Crippen LogP contribution in [0.1, 0.15) is 37.4 Å². The van der Waals surface area contributed by atoms with Crippen LogP contribution in [0.2, 0.25) is 10.4 Å². The van der Waals surface area contributed by atoms with Crippen LogP contribution in [0.5, 0.6) is 5.75 Å². The van der Waals surface area contributed by atoms with Crippen LogP contribution in [0.25, 0.3) is 0 Å². The van der Waals surface area contributed by atoms with Crippen molar-refractivity contribution in [3.63, 3.8) is 0 Å². The molecule has 0 aliphatic carbocycles. The zero-order valence-electron chi connectivity index (χ0n) is 15.0. The first-order valence-corrected chi connectivity index (χ1v) is 9.79. The lowest BCUT2D eigenvalue weighted by Crippen LogP contribution is -2.34. The largest absolute Gasteiger partial charge is 0.496 e. The third kappa shape index (κ3) is 5.02. The van der Waals surface area contributed by atoms with Crippen LogP contribution >= 0.6 is 35.0 Å². The summed E-state index contributed by atoms with van der Waals surface area (Å²) in [5, 5.41) is 3.07. The fourth-order valence-electron chi connectivity index (χ4n) is 2.65. The molecule has 26 heavy (non-hydrogen) atoms. The van der Waals surface area contributed by atoms with E-state index in [-0.39, 0.29) is 27.6 Å². The van der Waals surface area contributed by atoms with Crippen molar-refractivity contribution >= 4 is 40.9 Å². The van der Waals surface area contributed by atoms with Crippen LogP contribution in [0.4, 0.5) is 0 Å². The van der Waals surface area contributed by atoms with Gasteiger partial charge in [0.1, 0.15) is 10.9 Å². The second-order valence-electron chi connectivity index (χ2n) is 5.73. The second kappa shape index (κ2) is 9.44. The number of halogens is 2. The van der Waals surface area contributed by atoms with E-state index in [1.54, 1.807) is 7.11 Å². The van der Waals surface area contributed by atoms with Gasteiger partial charge in [-0.1, -0.05) is 30.7 Å². The average molecular weight is 414 g/mol. The first kappa shape index (κ1) is 20.8. The number of ether oxygens (including phenoxy) is 1. The number of nitrogens with one attached hydrogen (secondary N) is 1. The van der Waals surface area contributed by atoms with Crippen molar-refractivity contribution in [1.29, 1.82) is 0 Å². The third-order valence-corrected chi connectivity index (χ3v) is 5.88. The Bertz CT molecular complexity index is 789. The van der Waals surface area contributed by atoms with E-state index in [4.69, 9.17) is 27.9 Å². The van der Waals surface area contributed by atoms with Gasteiger partial charge in [-0.3, -0.25) is 4.79 Å². The van der Waals surface area contributed by atoms with Crippen LogP contribution < -0.4 is 10.1 Å². The van der Waals surface area contributed by atoms with Gasteiger partial charge in [0.25, 0.3) is 0 Å². The summed E-state index contributed by atoms with van der Waals surface area (Å²) in [4.78, 5) is 21.2. The van der Waals surface area contributed by atoms with E-state index >= 15 is 0 Å². The molecular weight excluding hydrogens is 393 g/mol. The number of thioether (sulfide) groups is 1. The predicted octanol–water partition coefficient (Wildman–Crippen LogP) is 4.85. The van der Waals surface area contributed by atoms with E-state index in [0.29, 0.717) is 11.3 Å². The summed E-state index contributed by atoms with van der Waals surface area (Å²) in [5.41, 5.74) is 2.03. The Kier molecular flexibility index (Phi) is 7.55. The molecular formula is C18H21Cl2N3O2S. The average Bonchev–Trinajstić information content (AvgIpc) is 2.60. The van der Waals surface area contributed by atoms with Crippen molar-refractivity contribution in [2.75, 3.05) is 7.11 Å². The second-order valence-corrected chi connectivity index (χ2v) is 7.67. The number of carbonyl (C=O) groups excluding carboxylic acids is 1. The molecule has 0 saturated heterocycles. The molecule has 0 saturated carbocycles. The topological polar surface area (TPSA) is 64.1 Å². The van der Waals surface area contributed by atoms with Gasteiger partial charge in [-0.15, -0.1) is 11.8 Å². The van der Waals surface area contributed by atoms with Gasteiger partial charge < -0.3 is 10.1 Å². The molecule has 2 atom stereocenters. The van der Waals surface area contributed by atoms with Crippen molar-refractivity contribution in [1.82, 2.24) is 15.3 Å². The summed E-state index contributed by atoms with van der Waals surface area (Å²) in [7, 11) is 1.63. The summed E-state index contributed by atoms with van der Waals surface area (Å²) < 4.78 is 5.44. The Morgan fingerprint density at radius 3 is 2.73 bits per heavy atom. The minimum absolute atomic E-state index is 0.0807. The molecule has 1 amide bonds. The van der Waals surface area contributed by atoms with Gasteiger partial charge in [0.2, 0.25) is 11.2 Å². The summed E-state index contributed by atoms with van der Waals surface area (Å²) in [6, 6.07) is 5.63. The number of nitrogens with zero attached hydrogens (tertiary/aromatic N) is 2. The summed E-state index contributed by atoms with van der Waals surface area (Å²) in [6.07, 6.45) is 2.17. The highest BCUT2D eigenvalue weighted by molar-refractivity contribution is 8.00. The zero-order valence-corrected chi connectivity index (χ0v) is 17.4. The highest BCUT2D eigenvalue weighted by atomic mass is 35.5. The highest BCUT2D eigenvalue weighted by Crippen LogP contribution is 2.32. The normalized spacial score (nSPS) is 13.2. The van der Waals surface area contributed by atoms with Crippen molar-refractivity contribution in [2.45, 2.75) is 43.4 Å². The molecule has 2 unspecified atom stereocenters. The van der Waals surface area contributed by atoms with E-state index in [9.17, 15) is 4.79 Å². The number of aromatic nitrogens is 2. The molecule has 0 aliphatic heterocycles. The van der Waals surface area contributed by atoms with Gasteiger partial charge in [0.15, 0.2) is 0 Å². The van der Waals surface area contributed by atoms with E-state index < -0.39 is 0 Å². The van der Waals surface area contributed by atoms with Crippen LogP contribution in [-0.4, -0.2) is 28.2 Å². The van der Waals surface area contributed by atoms with Gasteiger partial charge in [-0.05, 0) is 43.5 Å². The molecule has 1 N–H and O–H groups in total. The lowest BCUT2D eigenvalue weighted by atomic mass is 10.0. The van der Waals surface area contributed by atoms with Crippen LogP contribution in [0.3, 0.4) is 0 Å². The minimum Gasteiger partial charge on any atom is -0.496 e. The van der Waals surface area contributed by atoms with Crippen LogP contribution in [0, 0.1) is 6.92 Å². The molecule has 0 spiro atoms. The molecule has 8 heteroatoms. The third-order valence-electron chi connectivity index (χ3n) is 3.91. The van der Waals surface area contributed by atoms with E-state index in [0.717, 1.165) is 16.9 Å².